The van der Waals surface area contributed by atoms with E-state index in [0.717, 1.165) is 18.3 Å². The maximum Gasteiger partial charge on any atom is 0.461 e. The fraction of sp³-hybridized carbons (Fsp3) is 0.706. The third-order valence-electron chi connectivity index (χ3n) is 3.97. The lowest BCUT2D eigenvalue weighted by molar-refractivity contribution is 0.173. The molecule has 0 aliphatic heterocycles. The van der Waals surface area contributed by atoms with Crippen LogP contribution in [0.3, 0.4) is 0 Å². The van der Waals surface area contributed by atoms with Crippen molar-refractivity contribution in [3.05, 3.63) is 29.6 Å². The van der Waals surface area contributed by atoms with Crippen LogP contribution in [0.2, 0.25) is 10.6 Å². The summed E-state index contributed by atoms with van der Waals surface area (Å²) in [6.07, 6.45) is 5.76. The second kappa shape index (κ2) is 7.59. The maximum absolute atomic E-state index is 6.62. The third-order valence-corrected chi connectivity index (χ3v) is 7.62. The molecule has 1 atom stereocenters. The van der Waals surface area contributed by atoms with Gasteiger partial charge < -0.3 is 3.79 Å². The molecule has 0 saturated heterocycles. The number of pyridine rings is 1. The number of aryl methyl sites for hydroxylation is 1. The van der Waals surface area contributed by atoms with E-state index >= 15 is 0 Å². The lowest BCUT2D eigenvalue weighted by Gasteiger charge is -2.29. The molecular weight excluding hydrogens is 261 g/mol. The Kier molecular flexibility index (Phi) is 6.08. The van der Waals surface area contributed by atoms with Gasteiger partial charge in [0, 0.05) is 6.20 Å². The highest BCUT2D eigenvalue weighted by molar-refractivity contribution is 6.52. The van der Waals surface area contributed by atoms with Gasteiger partial charge in [0.2, 0.25) is 0 Å². The summed E-state index contributed by atoms with van der Waals surface area (Å²) in [6, 6.07) is 4.28. The first-order valence-electron chi connectivity index (χ1n) is 8.15. The van der Waals surface area contributed by atoms with E-state index in [0.29, 0.717) is 0 Å². The van der Waals surface area contributed by atoms with E-state index in [1.54, 1.807) is 0 Å². The summed E-state index contributed by atoms with van der Waals surface area (Å²) in [6.45, 7) is 9.26. The van der Waals surface area contributed by atoms with Crippen LogP contribution in [0.15, 0.2) is 18.3 Å². The van der Waals surface area contributed by atoms with Crippen molar-refractivity contribution >= 4 is 14.5 Å². The first-order valence-corrected chi connectivity index (χ1v) is 10.3. The zero-order valence-electron chi connectivity index (χ0n) is 13.4. The molecule has 0 radical (unpaired) electrons. The normalized spacial score (nSPS) is 18.4. The monoisotopic (exact) mass is 289 g/mol. The van der Waals surface area contributed by atoms with Gasteiger partial charge in [-0.15, -0.1) is 0 Å². The minimum atomic E-state index is -1.12. The molecule has 0 spiro atoms. The van der Waals surface area contributed by atoms with E-state index in [-0.39, 0.29) is 6.10 Å². The molecule has 3 heteroatoms. The molecule has 1 unspecified atom stereocenters. The molecule has 0 amide bonds. The van der Waals surface area contributed by atoms with Crippen molar-refractivity contribution in [3.8, 4) is 0 Å². The van der Waals surface area contributed by atoms with Crippen LogP contribution in [0.1, 0.15) is 57.9 Å². The van der Waals surface area contributed by atoms with Crippen molar-refractivity contribution in [1.29, 1.82) is 0 Å². The van der Waals surface area contributed by atoms with Gasteiger partial charge in [-0.2, -0.15) is 0 Å². The van der Waals surface area contributed by atoms with E-state index in [1.807, 2.05) is 6.20 Å². The molecule has 0 aromatic carbocycles. The average molecular weight is 289 g/mol. The number of aromatic nitrogens is 1. The second-order valence-electron chi connectivity index (χ2n) is 6.95. The largest absolute Gasteiger partial charge is 0.494 e. The molecule has 2 nitrogen and oxygen atoms in total. The van der Waals surface area contributed by atoms with Gasteiger partial charge in [0.1, 0.15) is 0 Å². The Hall–Kier alpha value is -0.358. The van der Waals surface area contributed by atoms with Gasteiger partial charge in [0.05, 0.1) is 11.8 Å². The number of hydrogen-bond acceptors (Lipinski definition) is 2. The highest BCUT2D eigenvalue weighted by Gasteiger charge is 2.30. The highest BCUT2D eigenvalue weighted by Crippen LogP contribution is 2.33. The molecule has 0 N–H and O–H groups in total. The summed E-state index contributed by atoms with van der Waals surface area (Å²) >= 11 is -1.12. The lowest BCUT2D eigenvalue weighted by atomic mass is 9.94. The highest BCUT2D eigenvalue weighted by atomic mass is 27.2. The van der Waals surface area contributed by atoms with Gasteiger partial charge in [-0.3, -0.25) is 4.98 Å². The Morgan fingerprint density at radius 2 is 1.95 bits per heavy atom. The van der Waals surface area contributed by atoms with Crippen LogP contribution in [0, 0.1) is 11.8 Å². The molecule has 110 valence electrons. The summed E-state index contributed by atoms with van der Waals surface area (Å²) in [7, 11) is 0. The topological polar surface area (TPSA) is 22.1 Å². The van der Waals surface area contributed by atoms with Gasteiger partial charge in [0.15, 0.2) is 0 Å². The zero-order chi connectivity index (χ0) is 14.5. The van der Waals surface area contributed by atoms with Crippen molar-refractivity contribution in [2.75, 3.05) is 0 Å². The molecule has 1 heterocycles. The summed E-state index contributed by atoms with van der Waals surface area (Å²) in [5, 5.41) is 2.58. The molecule has 1 aromatic rings. The second-order valence-corrected chi connectivity index (χ2v) is 9.40. The quantitative estimate of drug-likeness (QED) is 0.703. The minimum absolute atomic E-state index is 0.272. The van der Waals surface area contributed by atoms with Crippen molar-refractivity contribution < 1.29 is 3.79 Å². The molecular formula is C17H28AlNO. The van der Waals surface area contributed by atoms with Crippen molar-refractivity contribution in [2.24, 2.45) is 11.8 Å². The smallest absolute Gasteiger partial charge is 0.461 e. The predicted molar refractivity (Wildman–Crippen MR) is 86.0 cm³/mol. The molecule has 0 saturated carbocycles. The van der Waals surface area contributed by atoms with E-state index in [4.69, 9.17) is 3.79 Å². The van der Waals surface area contributed by atoms with Crippen molar-refractivity contribution in [2.45, 2.75) is 63.6 Å². The number of rotatable bonds is 6. The third kappa shape index (κ3) is 4.59. The predicted octanol–water partition coefficient (Wildman–Crippen LogP) is 4.78. The van der Waals surface area contributed by atoms with E-state index < -0.39 is 14.5 Å². The summed E-state index contributed by atoms with van der Waals surface area (Å²) < 4.78 is 6.62. The number of nitrogens with zero attached hydrogens (tertiary/aromatic N) is 1. The SMILES string of the molecule is CC(C)[CH2][Al]([CH2]C(C)C)[O]C1CCCc2cccnc21. The van der Waals surface area contributed by atoms with Crippen LogP contribution in [-0.2, 0) is 10.2 Å². The van der Waals surface area contributed by atoms with Gasteiger partial charge in [-0.1, -0.05) is 56.2 Å². The Labute approximate surface area is 128 Å². The fourth-order valence-corrected chi connectivity index (χ4v) is 6.44. The van der Waals surface area contributed by atoms with E-state index in [1.165, 1.54) is 34.7 Å². The molecule has 1 aliphatic rings. The lowest BCUT2D eigenvalue weighted by Crippen LogP contribution is -2.27. The Morgan fingerprint density at radius 3 is 2.60 bits per heavy atom. The molecule has 1 aromatic heterocycles. The molecule has 0 fully saturated rings. The van der Waals surface area contributed by atoms with Crippen LogP contribution in [0.5, 0.6) is 0 Å². The molecule has 2 rings (SSSR count). The van der Waals surface area contributed by atoms with Crippen LogP contribution < -0.4 is 0 Å². The van der Waals surface area contributed by atoms with Gasteiger partial charge >= 0.3 is 14.5 Å². The Balaban J connectivity index is 2.07. The molecule has 20 heavy (non-hydrogen) atoms. The van der Waals surface area contributed by atoms with Gasteiger partial charge in [-0.25, -0.2) is 0 Å². The van der Waals surface area contributed by atoms with Gasteiger partial charge in [-0.05, 0) is 30.9 Å². The zero-order valence-corrected chi connectivity index (χ0v) is 14.6. The Bertz CT molecular complexity index is 409. The van der Waals surface area contributed by atoms with Crippen LogP contribution in [0.25, 0.3) is 0 Å². The van der Waals surface area contributed by atoms with Crippen LogP contribution >= 0.6 is 0 Å². The first-order chi connectivity index (χ1) is 9.56. The maximum atomic E-state index is 6.62. The van der Waals surface area contributed by atoms with E-state index in [2.05, 4.69) is 44.8 Å². The first kappa shape index (κ1) is 16.0. The Morgan fingerprint density at radius 1 is 1.25 bits per heavy atom. The molecule has 0 bridgehead atoms. The average Bonchev–Trinajstić information content (AvgIpc) is 2.37. The van der Waals surface area contributed by atoms with E-state index in [9.17, 15) is 0 Å². The summed E-state index contributed by atoms with van der Waals surface area (Å²) in [4.78, 5) is 4.61. The molecule has 1 aliphatic carbocycles. The van der Waals surface area contributed by atoms with Crippen LogP contribution in [-0.4, -0.2) is 19.5 Å². The van der Waals surface area contributed by atoms with Gasteiger partial charge in [0.25, 0.3) is 0 Å². The van der Waals surface area contributed by atoms with Crippen molar-refractivity contribution in [1.82, 2.24) is 4.98 Å². The van der Waals surface area contributed by atoms with Crippen molar-refractivity contribution in [3.63, 3.8) is 0 Å². The van der Waals surface area contributed by atoms with Crippen LogP contribution in [0.4, 0.5) is 0 Å². The summed E-state index contributed by atoms with van der Waals surface area (Å²) in [5.74, 6) is 1.49. The minimum Gasteiger partial charge on any atom is -0.494 e. The number of hydrogen-bond donors (Lipinski definition) is 0. The number of fused-ring (bicyclic) bond motifs is 1. The summed E-state index contributed by atoms with van der Waals surface area (Å²) in [5.41, 5.74) is 2.63. The fourth-order valence-electron chi connectivity index (χ4n) is 3.19. The standard InChI is InChI=1S/C9H10NO.2C4H9.Al/c11-8-5-1-3-7-4-2-6-10-9(7)8;2*1-4(2)3;/h2,4,6,8H,1,3,5H2;2*4H,1H2,2-3H3;/q-1;;;+1.